The first-order valence-electron chi connectivity index (χ1n) is 8.99. The molecule has 3 nitrogen and oxygen atoms in total. The van der Waals surface area contributed by atoms with Crippen molar-refractivity contribution in [3.8, 4) is 11.1 Å². The summed E-state index contributed by atoms with van der Waals surface area (Å²) in [7, 11) is 0. The quantitative estimate of drug-likeness (QED) is 0.674. The maximum atomic E-state index is 13.1. The van der Waals surface area contributed by atoms with Gasteiger partial charge in [0.15, 0.2) is 0 Å². The molecule has 0 aliphatic carbocycles. The van der Waals surface area contributed by atoms with Gasteiger partial charge in [-0.3, -0.25) is 9.78 Å². The fourth-order valence-electron chi connectivity index (χ4n) is 3.67. The lowest BCUT2D eigenvalue weighted by Crippen LogP contribution is -2.35. The van der Waals surface area contributed by atoms with E-state index in [0.717, 1.165) is 59.2 Å². The van der Waals surface area contributed by atoms with E-state index in [1.807, 2.05) is 48.2 Å². The van der Waals surface area contributed by atoms with Crippen LogP contribution in [0.3, 0.4) is 0 Å². The molecule has 4 rings (SSSR count). The van der Waals surface area contributed by atoms with Crippen molar-refractivity contribution in [2.45, 2.75) is 26.2 Å². The second-order valence-corrected chi connectivity index (χ2v) is 6.73. The van der Waals surface area contributed by atoms with Crippen molar-refractivity contribution in [3.05, 3.63) is 65.9 Å². The van der Waals surface area contributed by atoms with Gasteiger partial charge in [-0.25, -0.2) is 0 Å². The predicted molar refractivity (Wildman–Crippen MR) is 102 cm³/mol. The number of para-hydroxylation sites is 1. The number of hydrogen-bond acceptors (Lipinski definition) is 2. The number of pyridine rings is 1. The Morgan fingerprint density at radius 2 is 1.72 bits per heavy atom. The summed E-state index contributed by atoms with van der Waals surface area (Å²) in [5, 5.41) is 0.947. The van der Waals surface area contributed by atoms with Gasteiger partial charge in [-0.05, 0) is 37.8 Å². The van der Waals surface area contributed by atoms with Crippen molar-refractivity contribution >= 4 is 16.8 Å². The van der Waals surface area contributed by atoms with Crippen molar-refractivity contribution < 1.29 is 4.79 Å². The van der Waals surface area contributed by atoms with Gasteiger partial charge in [0.05, 0.1) is 11.1 Å². The summed E-state index contributed by atoms with van der Waals surface area (Å²) in [6.45, 7) is 3.69. The van der Waals surface area contributed by atoms with Gasteiger partial charge in [0.25, 0.3) is 5.91 Å². The zero-order valence-electron chi connectivity index (χ0n) is 14.5. The normalized spacial score (nSPS) is 14.7. The number of aromatic nitrogens is 1. The molecule has 0 radical (unpaired) electrons. The van der Waals surface area contributed by atoms with Crippen LogP contribution in [0.1, 0.15) is 35.3 Å². The van der Waals surface area contributed by atoms with Crippen LogP contribution >= 0.6 is 0 Å². The molecule has 0 saturated carbocycles. The van der Waals surface area contributed by atoms with Crippen LogP contribution in [0.4, 0.5) is 0 Å². The van der Waals surface area contributed by atoms with E-state index in [-0.39, 0.29) is 5.91 Å². The van der Waals surface area contributed by atoms with Crippen molar-refractivity contribution in [1.29, 1.82) is 0 Å². The molecule has 2 aromatic carbocycles. The number of fused-ring (bicyclic) bond motifs is 1. The van der Waals surface area contributed by atoms with E-state index in [1.165, 1.54) is 6.42 Å². The minimum atomic E-state index is 0.139. The molecular weight excluding hydrogens is 308 g/mol. The molecule has 25 heavy (non-hydrogen) atoms. The van der Waals surface area contributed by atoms with E-state index in [9.17, 15) is 4.79 Å². The highest BCUT2D eigenvalue weighted by molar-refractivity contribution is 6.09. The Labute approximate surface area is 148 Å². The SMILES string of the molecule is Cc1cc(C(=O)N2CCCCC2)c2cccc(-c3ccccc3)c2n1. The fraction of sp³-hybridized carbons (Fsp3) is 0.273. The third-order valence-electron chi connectivity index (χ3n) is 4.93. The number of aryl methyl sites for hydroxylation is 1. The Hall–Kier alpha value is -2.68. The lowest BCUT2D eigenvalue weighted by atomic mass is 9.98. The Kier molecular flexibility index (Phi) is 4.22. The molecule has 3 heteroatoms. The van der Waals surface area contributed by atoms with Crippen LogP contribution in [0, 0.1) is 6.92 Å². The molecule has 1 aliphatic rings. The summed E-state index contributed by atoms with van der Waals surface area (Å²) in [6.07, 6.45) is 3.42. The third-order valence-corrected chi connectivity index (χ3v) is 4.93. The van der Waals surface area contributed by atoms with Crippen molar-refractivity contribution in [1.82, 2.24) is 9.88 Å². The molecule has 0 N–H and O–H groups in total. The van der Waals surface area contributed by atoms with Gasteiger partial charge in [0.2, 0.25) is 0 Å². The van der Waals surface area contributed by atoms with Gasteiger partial charge in [0.1, 0.15) is 0 Å². The summed E-state index contributed by atoms with van der Waals surface area (Å²) < 4.78 is 0. The first kappa shape index (κ1) is 15.8. The minimum absolute atomic E-state index is 0.139. The van der Waals surface area contributed by atoms with Gasteiger partial charge < -0.3 is 4.90 Å². The molecule has 1 aromatic heterocycles. The Morgan fingerprint density at radius 3 is 2.48 bits per heavy atom. The zero-order valence-corrected chi connectivity index (χ0v) is 14.5. The Morgan fingerprint density at radius 1 is 0.960 bits per heavy atom. The van der Waals surface area contributed by atoms with E-state index in [4.69, 9.17) is 4.98 Å². The molecule has 1 aliphatic heterocycles. The summed E-state index contributed by atoms with van der Waals surface area (Å²) in [5.74, 6) is 0.139. The van der Waals surface area contributed by atoms with E-state index in [0.29, 0.717) is 0 Å². The Balaban J connectivity index is 1.87. The molecule has 1 fully saturated rings. The first-order chi connectivity index (χ1) is 12.2. The second kappa shape index (κ2) is 6.67. The van der Waals surface area contributed by atoms with Gasteiger partial charge in [0, 0.05) is 29.7 Å². The summed E-state index contributed by atoms with van der Waals surface area (Å²) in [4.78, 5) is 19.9. The highest BCUT2D eigenvalue weighted by Crippen LogP contribution is 2.30. The van der Waals surface area contributed by atoms with E-state index in [2.05, 4.69) is 18.2 Å². The van der Waals surface area contributed by atoms with Crippen LogP contribution in [0.2, 0.25) is 0 Å². The number of benzene rings is 2. The van der Waals surface area contributed by atoms with Gasteiger partial charge in [-0.1, -0.05) is 48.5 Å². The Bertz CT molecular complexity index is 912. The molecule has 0 atom stereocenters. The number of piperidine rings is 1. The van der Waals surface area contributed by atoms with Crippen molar-refractivity contribution in [3.63, 3.8) is 0 Å². The first-order valence-corrected chi connectivity index (χ1v) is 8.99. The topological polar surface area (TPSA) is 33.2 Å². The maximum Gasteiger partial charge on any atom is 0.254 e. The maximum absolute atomic E-state index is 13.1. The molecule has 1 amide bonds. The van der Waals surface area contributed by atoms with Gasteiger partial charge in [-0.15, -0.1) is 0 Å². The zero-order chi connectivity index (χ0) is 17.2. The average molecular weight is 330 g/mol. The smallest absolute Gasteiger partial charge is 0.254 e. The lowest BCUT2D eigenvalue weighted by Gasteiger charge is -2.27. The lowest BCUT2D eigenvalue weighted by molar-refractivity contribution is 0.0726. The second-order valence-electron chi connectivity index (χ2n) is 6.73. The highest BCUT2D eigenvalue weighted by Gasteiger charge is 2.21. The van der Waals surface area contributed by atoms with E-state index < -0.39 is 0 Å². The van der Waals surface area contributed by atoms with Crippen LogP contribution in [-0.4, -0.2) is 28.9 Å². The molecule has 3 aromatic rings. The molecule has 0 unspecified atom stereocenters. The molecule has 126 valence electrons. The number of likely N-dealkylation sites (tertiary alicyclic amines) is 1. The van der Waals surface area contributed by atoms with Crippen molar-refractivity contribution in [2.24, 2.45) is 0 Å². The standard InChI is InChI=1S/C22H22N2O/c1-16-15-20(22(25)24-13-6-3-7-14-24)19-12-8-11-18(21(19)23-16)17-9-4-2-5-10-17/h2,4-5,8-12,15H,3,6-7,13-14H2,1H3. The highest BCUT2D eigenvalue weighted by atomic mass is 16.2. The molecule has 1 saturated heterocycles. The fourth-order valence-corrected chi connectivity index (χ4v) is 3.67. The van der Waals surface area contributed by atoms with Crippen LogP contribution in [0.15, 0.2) is 54.6 Å². The molecule has 0 spiro atoms. The summed E-state index contributed by atoms with van der Waals surface area (Å²) in [5.41, 5.74) is 4.78. The monoisotopic (exact) mass is 330 g/mol. The predicted octanol–water partition coefficient (Wildman–Crippen LogP) is 4.84. The van der Waals surface area contributed by atoms with Gasteiger partial charge in [-0.2, -0.15) is 0 Å². The summed E-state index contributed by atoms with van der Waals surface area (Å²) >= 11 is 0. The average Bonchev–Trinajstić information content (AvgIpc) is 2.67. The summed E-state index contributed by atoms with van der Waals surface area (Å²) in [6, 6.07) is 18.3. The van der Waals surface area contributed by atoms with Crippen LogP contribution in [0.5, 0.6) is 0 Å². The molecule has 2 heterocycles. The number of amides is 1. The molecule has 0 bridgehead atoms. The van der Waals surface area contributed by atoms with Crippen LogP contribution < -0.4 is 0 Å². The van der Waals surface area contributed by atoms with E-state index in [1.54, 1.807) is 0 Å². The molecular formula is C22H22N2O. The number of hydrogen-bond donors (Lipinski definition) is 0. The van der Waals surface area contributed by atoms with Crippen molar-refractivity contribution in [2.75, 3.05) is 13.1 Å². The number of carbonyl (C=O) groups excluding carboxylic acids is 1. The number of nitrogens with zero attached hydrogens (tertiary/aromatic N) is 2. The number of rotatable bonds is 2. The minimum Gasteiger partial charge on any atom is -0.339 e. The third kappa shape index (κ3) is 3.02. The largest absolute Gasteiger partial charge is 0.339 e. The van der Waals surface area contributed by atoms with E-state index >= 15 is 0 Å². The van der Waals surface area contributed by atoms with Crippen LogP contribution in [-0.2, 0) is 0 Å². The van der Waals surface area contributed by atoms with Crippen LogP contribution in [0.25, 0.3) is 22.0 Å². The number of carbonyl (C=O) groups is 1. The van der Waals surface area contributed by atoms with Gasteiger partial charge >= 0.3 is 0 Å².